The summed E-state index contributed by atoms with van der Waals surface area (Å²) in [5.41, 5.74) is 4.79. The zero-order valence-electron chi connectivity index (χ0n) is 19.1. The van der Waals surface area contributed by atoms with E-state index in [1.54, 1.807) is 42.7 Å². The average molecular weight is 463 g/mol. The minimum absolute atomic E-state index is 0.123. The van der Waals surface area contributed by atoms with Crippen molar-refractivity contribution in [2.24, 2.45) is 4.99 Å². The highest BCUT2D eigenvalue weighted by Crippen LogP contribution is 2.14. The molecule has 0 fully saturated rings. The summed E-state index contributed by atoms with van der Waals surface area (Å²) in [4.78, 5) is 29.0. The molecule has 0 saturated heterocycles. The van der Waals surface area contributed by atoms with Crippen molar-refractivity contribution < 1.29 is 9.59 Å². The Hall–Kier alpha value is -4.71. The van der Waals surface area contributed by atoms with Gasteiger partial charge in [0.2, 0.25) is 0 Å². The Morgan fingerprint density at radius 3 is 1.54 bits per heavy atom. The number of carbonyl (C=O) groups excluding carboxylic acids is 2. The zero-order valence-corrected chi connectivity index (χ0v) is 19.1. The van der Waals surface area contributed by atoms with Crippen LogP contribution in [0.1, 0.15) is 31.8 Å². The summed E-state index contributed by atoms with van der Waals surface area (Å²) < 4.78 is 0. The number of aliphatic imine (C=N–C) groups is 1. The van der Waals surface area contributed by atoms with E-state index >= 15 is 0 Å². The normalized spacial score (nSPS) is 10.6. The molecular weight excluding hydrogens is 436 g/mol. The van der Waals surface area contributed by atoms with E-state index in [9.17, 15) is 9.59 Å². The van der Waals surface area contributed by atoms with Crippen molar-refractivity contribution in [3.05, 3.63) is 131 Å². The summed E-state index contributed by atoms with van der Waals surface area (Å²) in [5, 5.41) is 8.91. The fourth-order valence-electron chi connectivity index (χ4n) is 3.36. The smallest absolute Gasteiger partial charge is 0.251 e. The van der Waals surface area contributed by atoms with Crippen molar-refractivity contribution in [1.29, 1.82) is 0 Å². The van der Waals surface area contributed by atoms with Gasteiger partial charge in [-0.3, -0.25) is 9.59 Å². The van der Waals surface area contributed by atoms with Crippen LogP contribution in [0.25, 0.3) is 0 Å². The zero-order chi connectivity index (χ0) is 24.3. The van der Waals surface area contributed by atoms with Crippen LogP contribution in [0.4, 0.5) is 11.4 Å². The van der Waals surface area contributed by atoms with E-state index in [0.29, 0.717) is 29.9 Å². The van der Waals surface area contributed by atoms with E-state index in [1.165, 1.54) is 0 Å². The maximum Gasteiger partial charge on any atom is 0.251 e. The fraction of sp³-hybridized carbons (Fsp3) is 0.0690. The van der Waals surface area contributed by atoms with Crippen molar-refractivity contribution in [2.75, 3.05) is 5.32 Å². The van der Waals surface area contributed by atoms with Crippen LogP contribution in [-0.2, 0) is 13.1 Å². The second kappa shape index (κ2) is 12.0. The Labute approximate surface area is 204 Å². The molecule has 0 heterocycles. The minimum Gasteiger partial charge on any atom is -0.348 e. The van der Waals surface area contributed by atoms with Crippen LogP contribution >= 0.6 is 0 Å². The van der Waals surface area contributed by atoms with Gasteiger partial charge in [0.25, 0.3) is 11.8 Å². The largest absolute Gasteiger partial charge is 0.348 e. The molecule has 4 aromatic carbocycles. The van der Waals surface area contributed by atoms with Gasteiger partial charge < -0.3 is 16.0 Å². The number of carbonyl (C=O) groups is 2. The highest BCUT2D eigenvalue weighted by Gasteiger charge is 2.06. The highest BCUT2D eigenvalue weighted by atomic mass is 16.2. The minimum atomic E-state index is -0.129. The summed E-state index contributed by atoms with van der Waals surface area (Å²) in [6.45, 7) is 0.969. The quantitative estimate of drug-likeness (QED) is 0.233. The van der Waals surface area contributed by atoms with Gasteiger partial charge in [-0.2, -0.15) is 0 Å². The first kappa shape index (κ1) is 23.4. The van der Waals surface area contributed by atoms with Crippen LogP contribution in [0.3, 0.4) is 0 Å². The lowest BCUT2D eigenvalue weighted by atomic mass is 10.1. The molecule has 35 heavy (non-hydrogen) atoms. The molecule has 0 aliphatic carbocycles. The Bertz CT molecular complexity index is 1270. The first-order chi connectivity index (χ1) is 17.2. The van der Waals surface area contributed by atoms with Gasteiger partial charge in [0.05, 0.1) is 12.0 Å². The number of hydrogen-bond acceptors (Lipinski definition) is 3. The molecule has 0 atom stereocenters. The molecule has 0 unspecified atom stereocenters. The molecule has 6 heteroatoms. The Kier molecular flexibility index (Phi) is 8.01. The van der Waals surface area contributed by atoms with Crippen molar-refractivity contribution in [3.63, 3.8) is 0 Å². The second-order valence-electron chi connectivity index (χ2n) is 7.86. The average Bonchev–Trinajstić information content (AvgIpc) is 2.92. The molecule has 174 valence electrons. The lowest BCUT2D eigenvalue weighted by molar-refractivity contribution is 0.0943. The molecule has 0 spiro atoms. The molecule has 3 N–H and O–H groups in total. The first-order valence-corrected chi connectivity index (χ1v) is 11.3. The Morgan fingerprint density at radius 1 is 0.600 bits per heavy atom. The topological polar surface area (TPSA) is 82.6 Å². The number of benzene rings is 4. The van der Waals surface area contributed by atoms with E-state index in [4.69, 9.17) is 0 Å². The van der Waals surface area contributed by atoms with Gasteiger partial charge in [-0.1, -0.05) is 60.7 Å². The molecule has 0 saturated carbocycles. The van der Waals surface area contributed by atoms with Crippen LogP contribution in [0.2, 0.25) is 0 Å². The SMILES string of the molecule is O=C(NCc1ccccc1)c1ccc(N=CNc2ccc(C(=O)NCc3ccccc3)cc2)cc1. The molecule has 4 rings (SSSR count). The van der Waals surface area contributed by atoms with Gasteiger partial charge in [-0.25, -0.2) is 4.99 Å². The summed E-state index contributed by atoms with van der Waals surface area (Å²) in [5.74, 6) is -0.252. The maximum absolute atomic E-state index is 12.3. The van der Waals surface area contributed by atoms with E-state index in [1.807, 2.05) is 72.8 Å². The third-order valence-corrected chi connectivity index (χ3v) is 5.31. The number of amides is 2. The molecular formula is C29H26N4O2. The molecule has 0 aliphatic rings. The third kappa shape index (κ3) is 7.14. The van der Waals surface area contributed by atoms with E-state index < -0.39 is 0 Å². The highest BCUT2D eigenvalue weighted by molar-refractivity contribution is 5.95. The van der Waals surface area contributed by atoms with E-state index in [0.717, 1.165) is 16.8 Å². The number of rotatable bonds is 9. The van der Waals surface area contributed by atoms with E-state index in [2.05, 4.69) is 20.9 Å². The number of nitrogens with zero attached hydrogens (tertiary/aromatic N) is 1. The van der Waals surface area contributed by atoms with Gasteiger partial charge in [0, 0.05) is 29.9 Å². The number of nitrogens with one attached hydrogen (secondary N) is 3. The van der Waals surface area contributed by atoms with Crippen LogP contribution in [-0.4, -0.2) is 18.2 Å². The standard InChI is InChI=1S/C29H26N4O2/c34-28(30-19-22-7-3-1-4-8-22)24-11-15-26(16-12-24)32-21-33-27-17-13-25(14-18-27)29(35)31-20-23-9-5-2-6-10-23/h1-18,21H,19-20H2,(H,30,34)(H,31,35)(H,32,33). The van der Waals surface area contributed by atoms with Gasteiger partial charge in [-0.15, -0.1) is 0 Å². The Morgan fingerprint density at radius 2 is 1.06 bits per heavy atom. The van der Waals surface area contributed by atoms with Crippen molar-refractivity contribution in [1.82, 2.24) is 10.6 Å². The Balaban J connectivity index is 1.24. The molecule has 0 radical (unpaired) electrons. The van der Waals surface area contributed by atoms with Crippen molar-refractivity contribution in [3.8, 4) is 0 Å². The van der Waals surface area contributed by atoms with Gasteiger partial charge >= 0.3 is 0 Å². The molecule has 0 aromatic heterocycles. The summed E-state index contributed by atoms with van der Waals surface area (Å²) in [7, 11) is 0. The summed E-state index contributed by atoms with van der Waals surface area (Å²) in [6, 6.07) is 33.8. The van der Waals surface area contributed by atoms with Crippen LogP contribution in [0.15, 0.2) is 114 Å². The van der Waals surface area contributed by atoms with Crippen molar-refractivity contribution >= 4 is 29.5 Å². The molecule has 2 amide bonds. The van der Waals surface area contributed by atoms with Crippen LogP contribution in [0, 0.1) is 0 Å². The summed E-state index contributed by atoms with van der Waals surface area (Å²) in [6.07, 6.45) is 1.58. The lowest BCUT2D eigenvalue weighted by Crippen LogP contribution is -2.22. The first-order valence-electron chi connectivity index (χ1n) is 11.3. The maximum atomic E-state index is 12.3. The number of anilines is 1. The third-order valence-electron chi connectivity index (χ3n) is 5.31. The summed E-state index contributed by atoms with van der Waals surface area (Å²) >= 11 is 0. The molecule has 0 aliphatic heterocycles. The van der Waals surface area contributed by atoms with Gasteiger partial charge in [0.15, 0.2) is 0 Å². The molecule has 6 nitrogen and oxygen atoms in total. The van der Waals surface area contributed by atoms with E-state index in [-0.39, 0.29) is 11.8 Å². The van der Waals surface area contributed by atoms with Crippen LogP contribution in [0.5, 0.6) is 0 Å². The molecule has 0 bridgehead atoms. The lowest BCUT2D eigenvalue weighted by Gasteiger charge is -2.07. The fourth-order valence-corrected chi connectivity index (χ4v) is 3.36. The predicted molar refractivity (Wildman–Crippen MR) is 140 cm³/mol. The number of hydrogen-bond donors (Lipinski definition) is 3. The molecule has 4 aromatic rings. The second-order valence-corrected chi connectivity index (χ2v) is 7.86. The van der Waals surface area contributed by atoms with Crippen molar-refractivity contribution in [2.45, 2.75) is 13.1 Å². The monoisotopic (exact) mass is 462 g/mol. The van der Waals surface area contributed by atoms with Gasteiger partial charge in [0.1, 0.15) is 0 Å². The predicted octanol–water partition coefficient (Wildman–Crippen LogP) is 5.32. The van der Waals surface area contributed by atoms with Crippen LogP contribution < -0.4 is 16.0 Å². The van der Waals surface area contributed by atoms with Gasteiger partial charge in [-0.05, 0) is 59.7 Å².